The summed E-state index contributed by atoms with van der Waals surface area (Å²) in [5.74, 6) is 0.772. The number of hydrogen-bond acceptors (Lipinski definition) is 3. The topological polar surface area (TPSA) is 49.8 Å². The predicted octanol–water partition coefficient (Wildman–Crippen LogP) is 4.09. The van der Waals surface area contributed by atoms with Crippen LogP contribution in [0.15, 0.2) is 47.4 Å². The third kappa shape index (κ3) is 3.19. The molecule has 0 saturated heterocycles. The summed E-state index contributed by atoms with van der Waals surface area (Å²) in [6.07, 6.45) is 0. The molecule has 0 amide bonds. The minimum Gasteiger partial charge on any atom is -0.399 e. The third-order valence-corrected chi connectivity index (χ3v) is 3.87. The number of benzene rings is 2. The van der Waals surface area contributed by atoms with E-state index in [1.807, 2.05) is 30.3 Å². The number of nitriles is 1. The van der Waals surface area contributed by atoms with Crippen LogP contribution in [0.4, 0.5) is 5.69 Å². The van der Waals surface area contributed by atoms with Crippen LogP contribution in [0.2, 0.25) is 5.02 Å². The quantitative estimate of drug-likeness (QED) is 0.677. The minimum absolute atomic E-state index is 0.584. The molecule has 2 aromatic carbocycles. The van der Waals surface area contributed by atoms with Gasteiger partial charge in [-0.15, -0.1) is 11.8 Å². The average Bonchev–Trinajstić information content (AvgIpc) is 2.39. The molecule has 0 saturated carbocycles. The fourth-order valence-electron chi connectivity index (χ4n) is 1.46. The first-order chi connectivity index (χ1) is 8.69. The zero-order chi connectivity index (χ0) is 13.0. The molecule has 4 heteroatoms. The number of nitrogens with zero attached hydrogens (tertiary/aromatic N) is 1. The first kappa shape index (κ1) is 12.8. The number of rotatable bonds is 3. The summed E-state index contributed by atoms with van der Waals surface area (Å²) >= 11 is 7.80. The van der Waals surface area contributed by atoms with E-state index in [2.05, 4.69) is 6.07 Å². The minimum atomic E-state index is 0.584. The van der Waals surface area contributed by atoms with Crippen LogP contribution in [0.3, 0.4) is 0 Å². The number of nitrogens with two attached hydrogens (primary N) is 1. The van der Waals surface area contributed by atoms with Crippen molar-refractivity contribution in [2.24, 2.45) is 0 Å². The molecule has 0 heterocycles. The Morgan fingerprint density at radius 3 is 2.50 bits per heavy atom. The summed E-state index contributed by atoms with van der Waals surface area (Å²) in [6, 6.07) is 15.2. The fraction of sp³-hybridized carbons (Fsp3) is 0.0714. The van der Waals surface area contributed by atoms with Crippen LogP contribution in [-0.2, 0) is 5.75 Å². The van der Waals surface area contributed by atoms with Crippen molar-refractivity contribution < 1.29 is 0 Å². The summed E-state index contributed by atoms with van der Waals surface area (Å²) in [5, 5.41) is 9.40. The molecule has 2 nitrogen and oxygen atoms in total. The van der Waals surface area contributed by atoms with E-state index >= 15 is 0 Å². The molecule has 0 fully saturated rings. The lowest BCUT2D eigenvalue weighted by atomic mass is 10.2. The van der Waals surface area contributed by atoms with Crippen LogP contribution in [-0.4, -0.2) is 0 Å². The van der Waals surface area contributed by atoms with Crippen LogP contribution < -0.4 is 5.73 Å². The molecular weight excluding hydrogens is 264 g/mol. The molecule has 0 aromatic heterocycles. The molecule has 0 unspecified atom stereocenters. The first-order valence-corrected chi connectivity index (χ1v) is 6.72. The molecule has 0 aliphatic rings. The van der Waals surface area contributed by atoms with E-state index in [1.165, 1.54) is 0 Å². The second-order valence-corrected chi connectivity index (χ2v) is 5.23. The maximum absolute atomic E-state index is 8.76. The highest BCUT2D eigenvalue weighted by Gasteiger charge is 2.03. The molecular formula is C14H11ClN2S. The Balaban J connectivity index is 2.06. The average molecular weight is 275 g/mol. The number of halogens is 1. The number of nitrogen functional groups attached to an aromatic ring is 1. The van der Waals surface area contributed by atoms with Gasteiger partial charge in [0.1, 0.15) is 0 Å². The molecule has 90 valence electrons. The normalized spacial score (nSPS) is 10.0. The Morgan fingerprint density at radius 2 is 1.89 bits per heavy atom. The number of thioether (sulfide) groups is 1. The van der Waals surface area contributed by atoms with E-state index in [0.717, 1.165) is 21.9 Å². The molecule has 2 rings (SSSR count). The van der Waals surface area contributed by atoms with Crippen molar-refractivity contribution in [1.82, 2.24) is 0 Å². The lowest BCUT2D eigenvalue weighted by Crippen LogP contribution is -1.86. The molecule has 2 aromatic rings. The van der Waals surface area contributed by atoms with Crippen LogP contribution in [0.1, 0.15) is 11.1 Å². The lowest BCUT2D eigenvalue weighted by molar-refractivity contribution is 1.37. The van der Waals surface area contributed by atoms with E-state index in [0.29, 0.717) is 10.6 Å². The van der Waals surface area contributed by atoms with Crippen LogP contribution in [0.5, 0.6) is 0 Å². The van der Waals surface area contributed by atoms with Gasteiger partial charge in [0.25, 0.3) is 0 Å². The second-order valence-electron chi connectivity index (χ2n) is 3.78. The van der Waals surface area contributed by atoms with Crippen LogP contribution in [0.25, 0.3) is 0 Å². The van der Waals surface area contributed by atoms with Gasteiger partial charge in [-0.1, -0.05) is 17.7 Å². The van der Waals surface area contributed by atoms with Gasteiger partial charge in [-0.2, -0.15) is 5.26 Å². The van der Waals surface area contributed by atoms with Gasteiger partial charge < -0.3 is 5.73 Å². The highest BCUT2D eigenvalue weighted by molar-refractivity contribution is 7.98. The fourth-order valence-corrected chi connectivity index (χ4v) is 2.69. The third-order valence-electron chi connectivity index (χ3n) is 2.46. The van der Waals surface area contributed by atoms with Gasteiger partial charge in [-0.3, -0.25) is 0 Å². The van der Waals surface area contributed by atoms with Gasteiger partial charge in [0.2, 0.25) is 0 Å². The van der Waals surface area contributed by atoms with Crippen molar-refractivity contribution in [3.8, 4) is 6.07 Å². The molecule has 0 aliphatic carbocycles. The first-order valence-electron chi connectivity index (χ1n) is 5.36. The monoisotopic (exact) mass is 274 g/mol. The van der Waals surface area contributed by atoms with E-state index in [1.54, 1.807) is 23.9 Å². The van der Waals surface area contributed by atoms with Crippen LogP contribution >= 0.6 is 23.4 Å². The highest BCUT2D eigenvalue weighted by atomic mass is 35.5. The standard InChI is InChI=1S/C14H11ClN2S/c15-14-7-10(8-16)1-2-11(14)9-18-13-5-3-12(17)4-6-13/h1-7H,9,17H2. The summed E-state index contributed by atoms with van der Waals surface area (Å²) < 4.78 is 0. The van der Waals surface area contributed by atoms with Crippen molar-refractivity contribution in [1.29, 1.82) is 5.26 Å². The van der Waals surface area contributed by atoms with E-state index in [9.17, 15) is 0 Å². The van der Waals surface area contributed by atoms with Gasteiger partial charge in [-0.25, -0.2) is 0 Å². The summed E-state index contributed by atoms with van der Waals surface area (Å²) in [7, 11) is 0. The molecule has 18 heavy (non-hydrogen) atoms. The van der Waals surface area contributed by atoms with Crippen molar-refractivity contribution in [3.05, 3.63) is 58.6 Å². The van der Waals surface area contributed by atoms with E-state index in [4.69, 9.17) is 22.6 Å². The lowest BCUT2D eigenvalue weighted by Gasteiger charge is -2.05. The second kappa shape index (κ2) is 5.81. The zero-order valence-corrected chi connectivity index (χ0v) is 11.1. The Morgan fingerprint density at radius 1 is 1.17 bits per heavy atom. The largest absolute Gasteiger partial charge is 0.399 e. The SMILES string of the molecule is N#Cc1ccc(CSc2ccc(N)cc2)c(Cl)c1. The van der Waals surface area contributed by atoms with Crippen molar-refractivity contribution in [2.75, 3.05) is 5.73 Å². The van der Waals surface area contributed by atoms with Crippen molar-refractivity contribution in [2.45, 2.75) is 10.6 Å². The van der Waals surface area contributed by atoms with E-state index < -0.39 is 0 Å². The maximum Gasteiger partial charge on any atom is 0.0992 e. The Bertz CT molecular complexity index is 588. The maximum atomic E-state index is 8.76. The molecule has 0 radical (unpaired) electrons. The van der Waals surface area contributed by atoms with E-state index in [-0.39, 0.29) is 0 Å². The summed E-state index contributed by atoms with van der Waals surface area (Å²) in [5.41, 5.74) is 8.00. The molecule has 0 aliphatic heterocycles. The molecule has 2 N–H and O–H groups in total. The smallest absolute Gasteiger partial charge is 0.0992 e. The Hall–Kier alpha value is -1.63. The van der Waals surface area contributed by atoms with Crippen molar-refractivity contribution >= 4 is 29.1 Å². The van der Waals surface area contributed by atoms with Crippen LogP contribution in [0, 0.1) is 11.3 Å². The van der Waals surface area contributed by atoms with Gasteiger partial charge in [0, 0.05) is 21.4 Å². The Kier molecular flexibility index (Phi) is 4.14. The number of hydrogen-bond donors (Lipinski definition) is 1. The Labute approximate surface area is 115 Å². The molecule has 0 atom stereocenters. The van der Waals surface area contributed by atoms with Gasteiger partial charge in [0.15, 0.2) is 0 Å². The highest BCUT2D eigenvalue weighted by Crippen LogP contribution is 2.27. The number of anilines is 1. The molecule has 0 spiro atoms. The summed E-state index contributed by atoms with van der Waals surface area (Å²) in [4.78, 5) is 1.14. The molecule has 0 bridgehead atoms. The van der Waals surface area contributed by atoms with Gasteiger partial charge >= 0.3 is 0 Å². The van der Waals surface area contributed by atoms with Crippen molar-refractivity contribution in [3.63, 3.8) is 0 Å². The van der Waals surface area contributed by atoms with Gasteiger partial charge in [0.05, 0.1) is 11.6 Å². The predicted molar refractivity (Wildman–Crippen MR) is 76.6 cm³/mol. The zero-order valence-electron chi connectivity index (χ0n) is 9.56. The summed E-state index contributed by atoms with van der Waals surface area (Å²) in [6.45, 7) is 0. The van der Waals surface area contributed by atoms with Gasteiger partial charge in [-0.05, 0) is 42.0 Å².